The van der Waals surface area contributed by atoms with Crippen molar-refractivity contribution in [3.05, 3.63) is 96.9 Å². The molecule has 0 heterocycles. The van der Waals surface area contributed by atoms with Crippen LogP contribution in [0.5, 0.6) is 0 Å². The van der Waals surface area contributed by atoms with E-state index in [4.69, 9.17) is 0 Å². The molecule has 0 amide bonds. The van der Waals surface area contributed by atoms with Crippen LogP contribution in [0.15, 0.2) is 74.6 Å². The van der Waals surface area contributed by atoms with Crippen molar-refractivity contribution in [2.75, 3.05) is 0 Å². The van der Waals surface area contributed by atoms with Crippen LogP contribution < -0.4 is 0 Å². The van der Waals surface area contributed by atoms with Crippen molar-refractivity contribution in [3.8, 4) is 0 Å². The van der Waals surface area contributed by atoms with Crippen molar-refractivity contribution >= 4 is 12.5 Å². The number of fused-ring (bicyclic) bond motifs is 1. The number of hydrogen-bond acceptors (Lipinski definition) is 0. The van der Waals surface area contributed by atoms with Crippen LogP contribution in [-0.2, 0) is 23.6 Å². The molecule has 0 saturated carbocycles. The number of rotatable bonds is 3. The Morgan fingerprint density at radius 3 is 1.97 bits per heavy atom. The summed E-state index contributed by atoms with van der Waals surface area (Å²) >= 11 is -3.65. The molecule has 0 aromatic heterocycles. The fourth-order valence-electron chi connectivity index (χ4n) is 6.18. The molecule has 0 N–H and O–H groups in total. The SMILES string of the molecule is CC1=C(C)C(C)[C]([Zr]([CH3])([CH3])(=[SiH2])[CH]2C=C(c3ccccc3C(F)(F)F)c3ccccc32)=C1C. The van der Waals surface area contributed by atoms with Crippen molar-refractivity contribution in [2.45, 2.75) is 46.8 Å². The maximum atomic E-state index is 13.9. The van der Waals surface area contributed by atoms with Crippen LogP contribution >= 0.6 is 0 Å². The maximum absolute atomic E-state index is 13.9. The monoisotopic (exact) mass is 530 g/mol. The first kappa shape index (κ1) is 23.7. The molecule has 2 unspecified atom stereocenters. The molecule has 2 aromatic carbocycles. The van der Waals surface area contributed by atoms with E-state index in [1.807, 2.05) is 18.2 Å². The van der Waals surface area contributed by atoms with E-state index >= 15 is 0 Å². The second kappa shape index (κ2) is 7.53. The number of hydrogen-bond donors (Lipinski definition) is 0. The van der Waals surface area contributed by atoms with Gasteiger partial charge in [-0.1, -0.05) is 0 Å². The normalized spacial score (nSPS) is 21.9. The molecule has 0 radical (unpaired) electrons. The molecule has 0 saturated heterocycles. The van der Waals surface area contributed by atoms with Gasteiger partial charge in [-0.2, -0.15) is 0 Å². The van der Waals surface area contributed by atoms with Crippen LogP contribution in [0.25, 0.3) is 5.57 Å². The summed E-state index contributed by atoms with van der Waals surface area (Å²) in [5.41, 5.74) is 6.86. The van der Waals surface area contributed by atoms with Crippen LogP contribution in [0.3, 0.4) is 0 Å². The van der Waals surface area contributed by atoms with Crippen LogP contribution in [0.1, 0.15) is 53.6 Å². The van der Waals surface area contributed by atoms with Crippen LogP contribution in [-0.4, -0.2) is 6.88 Å². The van der Waals surface area contributed by atoms with Gasteiger partial charge in [-0.05, 0) is 0 Å². The Kier molecular flexibility index (Phi) is 5.58. The third-order valence-corrected chi connectivity index (χ3v) is 25.2. The summed E-state index contributed by atoms with van der Waals surface area (Å²) in [6, 6.07) is 14.1. The van der Waals surface area contributed by atoms with Crippen LogP contribution in [0.2, 0.25) is 9.26 Å². The van der Waals surface area contributed by atoms with Gasteiger partial charge in [0.1, 0.15) is 0 Å². The van der Waals surface area contributed by atoms with E-state index in [-0.39, 0.29) is 3.63 Å². The van der Waals surface area contributed by atoms with E-state index in [9.17, 15) is 13.2 Å². The van der Waals surface area contributed by atoms with Gasteiger partial charge in [0.2, 0.25) is 0 Å². The van der Waals surface area contributed by atoms with Crippen molar-refractivity contribution in [1.82, 2.24) is 0 Å². The van der Waals surface area contributed by atoms with Gasteiger partial charge in [0.05, 0.1) is 0 Å². The summed E-state index contributed by atoms with van der Waals surface area (Å²) in [5, 5.41) is 0. The fraction of sp³-hybridized carbons (Fsp3) is 0.333. The molecule has 0 aliphatic heterocycles. The van der Waals surface area contributed by atoms with Crippen LogP contribution in [0.4, 0.5) is 13.2 Å². The zero-order valence-corrected chi connectivity index (χ0v) is 23.6. The van der Waals surface area contributed by atoms with Gasteiger partial charge in [-0.15, -0.1) is 0 Å². The zero-order chi connectivity index (χ0) is 23.7. The van der Waals surface area contributed by atoms with Gasteiger partial charge in [-0.25, -0.2) is 0 Å². The zero-order valence-electron chi connectivity index (χ0n) is 19.7. The Labute approximate surface area is 191 Å². The number of allylic oxidation sites excluding steroid dienone is 5. The Hall–Kier alpha value is -1.45. The third kappa shape index (κ3) is 3.51. The van der Waals surface area contributed by atoms with Gasteiger partial charge < -0.3 is 0 Å². The van der Waals surface area contributed by atoms with E-state index in [2.05, 4.69) is 56.0 Å². The standard InChI is InChI=1S/C16H10F3.C9H13.2CH3.H2Si.Zr/c17-16(18,19)15-8-4-3-7-14(15)13-10-9-11-5-1-2-6-12(11)13;1-6-5-7(2)9(4)8(6)3;;;;/h1-10H;6H,1-4H3;2*1H3;1H2;. The van der Waals surface area contributed by atoms with Crippen molar-refractivity contribution in [1.29, 1.82) is 0 Å². The van der Waals surface area contributed by atoms with Crippen molar-refractivity contribution in [3.63, 3.8) is 0 Å². The average Bonchev–Trinajstić information content (AvgIpc) is 3.20. The van der Waals surface area contributed by atoms with Crippen LogP contribution in [0, 0.1) is 5.92 Å². The Bertz CT molecular complexity index is 1280. The molecule has 2 aliphatic rings. The van der Waals surface area contributed by atoms with Crippen molar-refractivity contribution in [2.24, 2.45) is 5.92 Å². The topological polar surface area (TPSA) is 0 Å². The average molecular weight is 532 g/mol. The molecule has 0 spiro atoms. The molecule has 2 aromatic rings. The summed E-state index contributed by atoms with van der Waals surface area (Å²) in [5.74, 6) is 0.403. The second-order valence-electron chi connectivity index (χ2n) is 10.6. The predicted octanol–water partition coefficient (Wildman–Crippen LogP) is 7.79. The molecule has 0 fully saturated rings. The molecule has 168 valence electrons. The first-order chi connectivity index (χ1) is 14.7. The van der Waals surface area contributed by atoms with Gasteiger partial charge in [0.15, 0.2) is 0 Å². The Morgan fingerprint density at radius 1 is 0.844 bits per heavy atom. The van der Waals surface area contributed by atoms with Gasteiger partial charge in [-0.3, -0.25) is 0 Å². The fourth-order valence-corrected chi connectivity index (χ4v) is 24.7. The Morgan fingerprint density at radius 2 is 1.41 bits per heavy atom. The third-order valence-electron chi connectivity index (χ3n) is 7.96. The molecule has 0 nitrogen and oxygen atoms in total. The molecular formula is C27H31F3SiZr. The molecule has 4 rings (SSSR count). The summed E-state index contributed by atoms with van der Waals surface area (Å²) < 4.78 is 48.4. The van der Waals surface area contributed by atoms with E-state index in [1.165, 1.54) is 34.4 Å². The minimum absolute atomic E-state index is 0.174. The molecular weight excluding hydrogens is 501 g/mol. The quantitative estimate of drug-likeness (QED) is 0.355. The second-order valence-corrected chi connectivity index (χ2v) is 40.1. The Balaban J connectivity index is 1.97. The number of benzene rings is 2. The van der Waals surface area contributed by atoms with Gasteiger partial charge in [0, 0.05) is 0 Å². The predicted molar refractivity (Wildman–Crippen MR) is 128 cm³/mol. The van der Waals surface area contributed by atoms with Crippen molar-refractivity contribution < 1.29 is 30.6 Å². The molecule has 32 heavy (non-hydrogen) atoms. The first-order valence-corrected chi connectivity index (χ1v) is 24.7. The summed E-state index contributed by atoms with van der Waals surface area (Å²) in [7, 11) is 0. The van der Waals surface area contributed by atoms with E-state index in [0.29, 0.717) is 11.5 Å². The number of halogens is 3. The van der Waals surface area contributed by atoms with Gasteiger partial charge in [0.25, 0.3) is 0 Å². The summed E-state index contributed by atoms with van der Waals surface area (Å²) in [4.78, 5) is 0. The molecule has 0 bridgehead atoms. The van der Waals surface area contributed by atoms with E-state index in [0.717, 1.165) is 11.1 Å². The molecule has 2 atom stereocenters. The first-order valence-electron chi connectivity index (χ1n) is 11.2. The van der Waals surface area contributed by atoms with E-state index < -0.39 is 29.1 Å². The summed E-state index contributed by atoms with van der Waals surface area (Å²) in [6.45, 7) is 11.2. The summed E-state index contributed by atoms with van der Waals surface area (Å²) in [6.07, 6.45) is -2.20. The van der Waals surface area contributed by atoms with Gasteiger partial charge >= 0.3 is 193 Å². The molecule has 2 aliphatic carbocycles. The van der Waals surface area contributed by atoms with E-state index in [1.54, 1.807) is 15.4 Å². The minimum atomic E-state index is -4.38. The number of alkyl halides is 3. The molecule has 5 heteroatoms.